The van der Waals surface area contributed by atoms with Gasteiger partial charge in [0.15, 0.2) is 0 Å². The molecule has 0 bridgehead atoms. The second-order valence-corrected chi connectivity index (χ2v) is 8.16. The maximum absolute atomic E-state index is 12.9. The lowest BCUT2D eigenvalue weighted by Crippen LogP contribution is -2.27. The Hall–Kier alpha value is -3.56. The van der Waals surface area contributed by atoms with Gasteiger partial charge in [0.1, 0.15) is 0 Å². The maximum Gasteiger partial charge on any atom is 0.264 e. The molecule has 0 aliphatic carbocycles. The molecular weight excluding hydrogens is 384 g/mol. The Labute approximate surface area is 171 Å². The highest BCUT2D eigenvalue weighted by atomic mass is 32.2. The number of amides is 1. The van der Waals surface area contributed by atoms with E-state index in [-0.39, 0.29) is 22.9 Å². The molecule has 0 spiro atoms. The third-order valence-corrected chi connectivity index (χ3v) is 6.00. The summed E-state index contributed by atoms with van der Waals surface area (Å²) in [6.07, 6.45) is 0. The SMILES string of the molecule is CN(c1ccccc1)S(=O)(=O)c1cccc(C(=O)NCC#Cc2ccccc2)c1. The van der Waals surface area contributed by atoms with Crippen molar-refractivity contribution >= 4 is 21.6 Å². The smallest absolute Gasteiger partial charge is 0.264 e. The number of hydrogen-bond donors (Lipinski definition) is 1. The van der Waals surface area contributed by atoms with E-state index in [0.29, 0.717) is 5.69 Å². The van der Waals surface area contributed by atoms with E-state index < -0.39 is 10.0 Å². The number of nitrogens with zero attached hydrogens (tertiary/aromatic N) is 1. The molecule has 0 fully saturated rings. The van der Waals surface area contributed by atoms with Crippen LogP contribution in [0.5, 0.6) is 0 Å². The first-order valence-corrected chi connectivity index (χ1v) is 10.4. The molecular formula is C23H20N2O3S. The normalized spacial score (nSPS) is 10.5. The molecule has 5 nitrogen and oxygen atoms in total. The number of benzene rings is 3. The van der Waals surface area contributed by atoms with Crippen LogP contribution < -0.4 is 9.62 Å². The van der Waals surface area contributed by atoms with Gasteiger partial charge in [-0.1, -0.05) is 54.3 Å². The first-order valence-electron chi connectivity index (χ1n) is 8.94. The topological polar surface area (TPSA) is 66.5 Å². The van der Waals surface area contributed by atoms with E-state index in [0.717, 1.165) is 5.56 Å². The lowest BCUT2D eigenvalue weighted by Gasteiger charge is -2.19. The second kappa shape index (κ2) is 9.09. The Kier molecular flexibility index (Phi) is 6.32. The summed E-state index contributed by atoms with van der Waals surface area (Å²) in [7, 11) is -2.30. The molecule has 1 amide bonds. The monoisotopic (exact) mass is 404 g/mol. The van der Waals surface area contributed by atoms with Crippen molar-refractivity contribution in [2.75, 3.05) is 17.9 Å². The van der Waals surface area contributed by atoms with E-state index >= 15 is 0 Å². The van der Waals surface area contributed by atoms with Gasteiger partial charge in [0.25, 0.3) is 15.9 Å². The molecule has 6 heteroatoms. The average Bonchev–Trinajstić information content (AvgIpc) is 2.77. The van der Waals surface area contributed by atoms with Crippen LogP contribution >= 0.6 is 0 Å². The van der Waals surface area contributed by atoms with Gasteiger partial charge < -0.3 is 5.32 Å². The van der Waals surface area contributed by atoms with Crippen LogP contribution in [0.1, 0.15) is 15.9 Å². The van der Waals surface area contributed by atoms with Gasteiger partial charge in [0.05, 0.1) is 17.1 Å². The van der Waals surface area contributed by atoms with Crippen LogP contribution in [0.2, 0.25) is 0 Å². The first-order chi connectivity index (χ1) is 14.0. The minimum Gasteiger partial charge on any atom is -0.341 e. The van der Waals surface area contributed by atoms with Gasteiger partial charge in [0, 0.05) is 18.2 Å². The number of hydrogen-bond acceptors (Lipinski definition) is 3. The highest BCUT2D eigenvalue weighted by Gasteiger charge is 2.22. The van der Waals surface area contributed by atoms with Crippen molar-refractivity contribution in [1.29, 1.82) is 0 Å². The Morgan fingerprint density at radius 3 is 2.28 bits per heavy atom. The molecule has 0 saturated heterocycles. The summed E-state index contributed by atoms with van der Waals surface area (Å²) in [6, 6.07) is 24.2. The number of para-hydroxylation sites is 1. The molecule has 146 valence electrons. The number of nitrogens with one attached hydrogen (secondary N) is 1. The predicted molar refractivity (Wildman–Crippen MR) is 114 cm³/mol. The van der Waals surface area contributed by atoms with E-state index in [1.54, 1.807) is 36.4 Å². The van der Waals surface area contributed by atoms with Crippen molar-refractivity contribution in [3.8, 4) is 11.8 Å². The van der Waals surface area contributed by atoms with Crippen LogP contribution in [0.15, 0.2) is 89.8 Å². The molecule has 0 saturated carbocycles. The summed E-state index contributed by atoms with van der Waals surface area (Å²) in [5.74, 6) is 5.45. The van der Waals surface area contributed by atoms with Crippen LogP contribution in [0, 0.1) is 11.8 Å². The van der Waals surface area contributed by atoms with Crippen molar-refractivity contribution in [3.05, 3.63) is 96.1 Å². The molecule has 0 radical (unpaired) electrons. The van der Waals surface area contributed by atoms with E-state index in [2.05, 4.69) is 17.2 Å². The average molecular weight is 404 g/mol. The third-order valence-electron chi connectivity index (χ3n) is 4.22. The molecule has 3 aromatic carbocycles. The fourth-order valence-electron chi connectivity index (χ4n) is 2.63. The minimum atomic E-state index is -3.78. The minimum absolute atomic E-state index is 0.0480. The summed E-state index contributed by atoms with van der Waals surface area (Å²) in [6.45, 7) is 0.161. The number of rotatable bonds is 5. The summed E-state index contributed by atoms with van der Waals surface area (Å²) in [4.78, 5) is 12.4. The zero-order valence-electron chi connectivity index (χ0n) is 15.9. The Morgan fingerprint density at radius 1 is 0.931 bits per heavy atom. The molecule has 0 aliphatic heterocycles. The van der Waals surface area contributed by atoms with Gasteiger partial charge in [-0.05, 0) is 42.5 Å². The number of sulfonamides is 1. The third kappa shape index (κ3) is 5.03. The maximum atomic E-state index is 12.9. The van der Waals surface area contributed by atoms with E-state index in [1.165, 1.54) is 23.5 Å². The lowest BCUT2D eigenvalue weighted by molar-refractivity contribution is 0.0958. The van der Waals surface area contributed by atoms with Gasteiger partial charge in [-0.15, -0.1) is 0 Å². The molecule has 0 atom stereocenters. The Morgan fingerprint density at radius 2 is 1.59 bits per heavy atom. The van der Waals surface area contributed by atoms with Crippen LogP contribution in [0.25, 0.3) is 0 Å². The van der Waals surface area contributed by atoms with Gasteiger partial charge in [-0.25, -0.2) is 8.42 Å². The fourth-order valence-corrected chi connectivity index (χ4v) is 3.87. The highest BCUT2D eigenvalue weighted by Crippen LogP contribution is 2.22. The lowest BCUT2D eigenvalue weighted by atomic mass is 10.2. The van der Waals surface area contributed by atoms with E-state index in [1.807, 2.05) is 36.4 Å². The standard InChI is InChI=1S/C23H20N2O3S/c1-25(21-14-6-3-7-15-21)29(27,28)22-16-8-13-20(18-22)23(26)24-17-9-12-19-10-4-2-5-11-19/h2-8,10-11,13-16,18H,17H2,1H3,(H,24,26). The molecule has 1 N–H and O–H groups in total. The predicted octanol–water partition coefficient (Wildman–Crippen LogP) is 3.29. The molecule has 0 aromatic heterocycles. The zero-order chi connectivity index (χ0) is 20.7. The van der Waals surface area contributed by atoms with Gasteiger partial charge >= 0.3 is 0 Å². The zero-order valence-corrected chi connectivity index (χ0v) is 16.7. The second-order valence-electron chi connectivity index (χ2n) is 6.19. The summed E-state index contributed by atoms with van der Waals surface area (Å²) >= 11 is 0. The summed E-state index contributed by atoms with van der Waals surface area (Å²) in [5, 5.41) is 2.69. The van der Waals surface area contributed by atoms with Crippen molar-refractivity contribution < 1.29 is 13.2 Å². The molecule has 0 aliphatic rings. The molecule has 3 aromatic rings. The first kappa shape index (κ1) is 20.2. The molecule has 0 heterocycles. The Balaban J connectivity index is 1.72. The van der Waals surface area contributed by atoms with Crippen molar-refractivity contribution in [2.24, 2.45) is 0 Å². The molecule has 29 heavy (non-hydrogen) atoms. The summed E-state index contributed by atoms with van der Waals surface area (Å²) < 4.78 is 27.0. The van der Waals surface area contributed by atoms with Gasteiger partial charge in [0.2, 0.25) is 0 Å². The van der Waals surface area contributed by atoms with E-state index in [9.17, 15) is 13.2 Å². The number of carbonyl (C=O) groups excluding carboxylic acids is 1. The number of carbonyl (C=O) groups is 1. The quantitative estimate of drug-likeness (QED) is 0.664. The fraction of sp³-hybridized carbons (Fsp3) is 0.0870. The van der Waals surface area contributed by atoms with Gasteiger partial charge in [-0.3, -0.25) is 9.10 Å². The number of anilines is 1. The largest absolute Gasteiger partial charge is 0.341 e. The molecule has 0 unspecified atom stereocenters. The van der Waals surface area contributed by atoms with Gasteiger partial charge in [-0.2, -0.15) is 0 Å². The van der Waals surface area contributed by atoms with Crippen molar-refractivity contribution in [2.45, 2.75) is 4.90 Å². The van der Waals surface area contributed by atoms with Crippen LogP contribution in [0.3, 0.4) is 0 Å². The van der Waals surface area contributed by atoms with Crippen molar-refractivity contribution in [3.63, 3.8) is 0 Å². The summed E-state index contributed by atoms with van der Waals surface area (Å²) in [5.41, 5.74) is 1.66. The van der Waals surface area contributed by atoms with Crippen LogP contribution in [0.4, 0.5) is 5.69 Å². The molecule has 3 rings (SSSR count). The van der Waals surface area contributed by atoms with E-state index in [4.69, 9.17) is 0 Å². The highest BCUT2D eigenvalue weighted by molar-refractivity contribution is 7.92. The van der Waals surface area contributed by atoms with Crippen LogP contribution in [-0.2, 0) is 10.0 Å². The van der Waals surface area contributed by atoms with Crippen LogP contribution in [-0.4, -0.2) is 27.9 Å². The Bertz CT molecular complexity index is 1150. The van der Waals surface area contributed by atoms with Crippen molar-refractivity contribution in [1.82, 2.24) is 5.32 Å².